The van der Waals surface area contributed by atoms with Gasteiger partial charge in [0.1, 0.15) is 0 Å². The second-order valence-electron chi connectivity index (χ2n) is 15.0. The number of thiophene rings is 1. The molecule has 0 unspecified atom stereocenters. The van der Waals surface area contributed by atoms with Crippen molar-refractivity contribution < 1.29 is 0 Å². The minimum Gasteiger partial charge on any atom is -0.246 e. The van der Waals surface area contributed by atoms with E-state index in [2.05, 4.69) is 166 Å². The molecule has 1 aliphatic carbocycles. The fourth-order valence-electron chi connectivity index (χ4n) is 8.46. The molecule has 1 aliphatic rings. The fraction of sp³-hybridized carbons (Fsp3) is 0.0588. The van der Waals surface area contributed by atoms with Crippen LogP contribution < -0.4 is 0 Å². The van der Waals surface area contributed by atoms with Crippen LogP contribution in [-0.2, 0) is 5.41 Å². The van der Waals surface area contributed by atoms with E-state index in [0.29, 0.717) is 17.5 Å². The molecular weight excluding hydrogens is 701 g/mol. The van der Waals surface area contributed by atoms with E-state index in [0.717, 1.165) is 44.6 Å². The smallest absolute Gasteiger partial charge is 0.164 e. The Morgan fingerprint density at radius 1 is 0.411 bits per heavy atom. The summed E-state index contributed by atoms with van der Waals surface area (Å²) in [6.07, 6.45) is 0. The van der Waals surface area contributed by atoms with Crippen molar-refractivity contribution in [1.82, 2.24) is 19.9 Å². The van der Waals surface area contributed by atoms with Crippen molar-refractivity contribution >= 4 is 42.4 Å². The van der Waals surface area contributed by atoms with Gasteiger partial charge in [0.15, 0.2) is 17.5 Å². The van der Waals surface area contributed by atoms with Crippen molar-refractivity contribution in [3.05, 3.63) is 181 Å². The van der Waals surface area contributed by atoms with Crippen molar-refractivity contribution in [3.63, 3.8) is 0 Å². The van der Waals surface area contributed by atoms with Crippen LogP contribution in [0.5, 0.6) is 0 Å². The van der Waals surface area contributed by atoms with Gasteiger partial charge in [-0.1, -0.05) is 166 Å². The highest BCUT2D eigenvalue weighted by atomic mass is 32.1. The Labute approximate surface area is 328 Å². The summed E-state index contributed by atoms with van der Waals surface area (Å²) in [6.45, 7) is 4.60. The van der Waals surface area contributed by atoms with Crippen molar-refractivity contribution in [2.24, 2.45) is 0 Å². The van der Waals surface area contributed by atoms with Gasteiger partial charge in [0.2, 0.25) is 0 Å². The van der Waals surface area contributed by atoms with Crippen LogP contribution in [0.2, 0.25) is 0 Å². The summed E-state index contributed by atoms with van der Waals surface area (Å²) < 4.78 is 2.50. The molecule has 56 heavy (non-hydrogen) atoms. The quantitative estimate of drug-likeness (QED) is 0.177. The predicted molar refractivity (Wildman–Crippen MR) is 233 cm³/mol. The lowest BCUT2D eigenvalue weighted by Crippen LogP contribution is -2.15. The molecule has 0 spiro atoms. The summed E-state index contributed by atoms with van der Waals surface area (Å²) in [6, 6.07) is 60.0. The first-order valence-corrected chi connectivity index (χ1v) is 19.8. The second-order valence-corrected chi connectivity index (χ2v) is 16.1. The Hall–Kier alpha value is -6.82. The maximum absolute atomic E-state index is 5.20. The van der Waals surface area contributed by atoms with Crippen LogP contribution in [-0.4, -0.2) is 19.9 Å². The van der Waals surface area contributed by atoms with Gasteiger partial charge in [-0.25, -0.2) is 19.9 Å². The van der Waals surface area contributed by atoms with Crippen molar-refractivity contribution in [3.8, 4) is 67.7 Å². The van der Waals surface area contributed by atoms with Crippen molar-refractivity contribution in [1.29, 1.82) is 0 Å². The Kier molecular flexibility index (Phi) is 7.35. The minimum atomic E-state index is -0.120. The molecule has 0 atom stereocenters. The first-order chi connectivity index (χ1) is 27.5. The highest BCUT2D eigenvalue weighted by Crippen LogP contribution is 2.49. The summed E-state index contributed by atoms with van der Waals surface area (Å²) in [5, 5.41) is 3.77. The molecular formula is C51H34N4S. The highest BCUT2D eigenvalue weighted by Gasteiger charge is 2.35. The van der Waals surface area contributed by atoms with Gasteiger partial charge >= 0.3 is 0 Å². The average Bonchev–Trinajstić information content (AvgIpc) is 3.76. The Bertz CT molecular complexity index is 3150. The molecule has 0 fully saturated rings. The molecule has 0 N–H and O–H groups in total. The zero-order chi connectivity index (χ0) is 37.4. The van der Waals surface area contributed by atoms with Crippen LogP contribution in [0.15, 0.2) is 170 Å². The first-order valence-electron chi connectivity index (χ1n) is 19.0. The number of nitrogens with zero attached hydrogens (tertiary/aromatic N) is 4. The lowest BCUT2D eigenvalue weighted by Gasteiger charge is -2.21. The SMILES string of the molecule is CC1(C)c2ccccc2-c2ccc(-c3nc(-c4ccccc4)nc(-c4ccc(-c5ccc(-c6nc7ccccc7c7c6sc6ccccc67)cc5)cc4)n3)cc21. The maximum Gasteiger partial charge on any atom is 0.164 e. The van der Waals surface area contributed by atoms with Gasteiger partial charge < -0.3 is 0 Å². The van der Waals surface area contributed by atoms with Crippen molar-refractivity contribution in [2.75, 3.05) is 0 Å². The molecule has 0 aliphatic heterocycles. The summed E-state index contributed by atoms with van der Waals surface area (Å²) in [7, 11) is 0. The van der Waals surface area contributed by atoms with Crippen LogP contribution in [0.4, 0.5) is 0 Å². The Morgan fingerprint density at radius 3 is 1.70 bits per heavy atom. The molecule has 0 saturated heterocycles. The third-order valence-corrected chi connectivity index (χ3v) is 12.5. The lowest BCUT2D eigenvalue weighted by atomic mass is 9.82. The van der Waals surface area contributed by atoms with E-state index < -0.39 is 0 Å². The van der Waals surface area contributed by atoms with E-state index in [9.17, 15) is 0 Å². The van der Waals surface area contributed by atoms with Gasteiger partial charge in [0.05, 0.1) is 15.9 Å². The molecule has 5 heteroatoms. The third kappa shape index (κ3) is 5.19. The van der Waals surface area contributed by atoms with E-state index in [1.807, 2.05) is 29.5 Å². The molecule has 0 saturated carbocycles. The lowest BCUT2D eigenvalue weighted by molar-refractivity contribution is 0.660. The zero-order valence-corrected chi connectivity index (χ0v) is 31.7. The predicted octanol–water partition coefficient (Wildman–Crippen LogP) is 13.4. The molecule has 11 rings (SSSR count). The summed E-state index contributed by atoms with van der Waals surface area (Å²) in [5.41, 5.74) is 13.4. The van der Waals surface area contributed by atoms with Crippen molar-refractivity contribution in [2.45, 2.75) is 19.3 Å². The number of hydrogen-bond acceptors (Lipinski definition) is 5. The van der Waals surface area contributed by atoms with Crippen LogP contribution in [0.25, 0.3) is 98.7 Å². The van der Waals surface area contributed by atoms with Gasteiger partial charge in [0, 0.05) is 48.5 Å². The van der Waals surface area contributed by atoms with E-state index in [1.165, 1.54) is 47.8 Å². The Balaban J connectivity index is 0.954. The largest absolute Gasteiger partial charge is 0.246 e. The topological polar surface area (TPSA) is 51.6 Å². The molecule has 7 aromatic carbocycles. The van der Waals surface area contributed by atoms with Gasteiger partial charge in [-0.15, -0.1) is 11.3 Å². The van der Waals surface area contributed by atoms with Crippen LogP contribution in [0.3, 0.4) is 0 Å². The molecule has 0 amide bonds. The standard InChI is InChI=1S/C51H34N4S/c1-51(2)41-17-9-6-14-37(41)38-29-28-36(30-42(38)51)50-54-48(34-12-4-3-5-13-34)53-49(55-50)35-26-22-32(23-27-35)31-20-24-33(25-21-31)46-47-45(39-15-7-10-18-43(39)52-46)40-16-8-11-19-44(40)56-47/h3-30H,1-2H3. The van der Waals surface area contributed by atoms with E-state index in [-0.39, 0.29) is 5.41 Å². The Morgan fingerprint density at radius 2 is 0.946 bits per heavy atom. The number of aromatic nitrogens is 4. The number of rotatable bonds is 5. The van der Waals surface area contributed by atoms with Gasteiger partial charge in [-0.05, 0) is 51.6 Å². The highest BCUT2D eigenvalue weighted by molar-refractivity contribution is 7.26. The normalized spacial score (nSPS) is 13.0. The number of benzene rings is 7. The van der Waals surface area contributed by atoms with E-state index >= 15 is 0 Å². The van der Waals surface area contributed by atoms with Gasteiger partial charge in [0.25, 0.3) is 0 Å². The van der Waals surface area contributed by atoms with Crippen LogP contribution in [0, 0.1) is 0 Å². The summed E-state index contributed by atoms with van der Waals surface area (Å²) in [5.74, 6) is 1.97. The molecule has 264 valence electrons. The van der Waals surface area contributed by atoms with E-state index in [1.54, 1.807) is 0 Å². The monoisotopic (exact) mass is 734 g/mol. The second kappa shape index (κ2) is 12.6. The molecule has 0 bridgehead atoms. The van der Waals surface area contributed by atoms with Gasteiger partial charge in [-0.2, -0.15) is 0 Å². The minimum absolute atomic E-state index is 0.120. The number of pyridine rings is 1. The molecule has 3 aromatic heterocycles. The number of fused-ring (bicyclic) bond motifs is 8. The fourth-order valence-corrected chi connectivity index (χ4v) is 9.68. The number of hydrogen-bond donors (Lipinski definition) is 0. The first kappa shape index (κ1) is 32.6. The molecule has 3 heterocycles. The van der Waals surface area contributed by atoms with Crippen LogP contribution >= 0.6 is 11.3 Å². The maximum atomic E-state index is 5.20. The molecule has 10 aromatic rings. The van der Waals surface area contributed by atoms with Gasteiger partial charge in [-0.3, -0.25) is 0 Å². The zero-order valence-electron chi connectivity index (χ0n) is 30.9. The third-order valence-electron chi connectivity index (χ3n) is 11.4. The number of para-hydroxylation sites is 1. The van der Waals surface area contributed by atoms with Crippen LogP contribution in [0.1, 0.15) is 25.0 Å². The summed E-state index contributed by atoms with van der Waals surface area (Å²) >= 11 is 1.82. The molecule has 4 nitrogen and oxygen atoms in total. The average molecular weight is 735 g/mol. The van der Waals surface area contributed by atoms with E-state index in [4.69, 9.17) is 19.9 Å². The molecule has 0 radical (unpaired) electrons. The summed E-state index contributed by atoms with van der Waals surface area (Å²) in [4.78, 5) is 20.4.